The number of rotatable bonds is 4. The van der Waals surface area contributed by atoms with E-state index in [4.69, 9.17) is 4.42 Å². The van der Waals surface area contributed by atoms with E-state index < -0.39 is 0 Å². The number of furan rings is 1. The van der Waals surface area contributed by atoms with Gasteiger partial charge in [-0.3, -0.25) is 4.79 Å². The van der Waals surface area contributed by atoms with Crippen LogP contribution in [0.4, 0.5) is 0 Å². The lowest BCUT2D eigenvalue weighted by atomic mass is 10.0. The molecule has 1 aromatic heterocycles. The Bertz CT molecular complexity index is 334. The Morgan fingerprint density at radius 1 is 1.21 bits per heavy atom. The van der Waals surface area contributed by atoms with E-state index in [0.29, 0.717) is 6.42 Å². The molecule has 0 spiro atoms. The highest BCUT2D eigenvalue weighted by Gasteiger charge is 2.17. The van der Waals surface area contributed by atoms with Crippen molar-refractivity contribution in [2.24, 2.45) is 0 Å². The van der Waals surface area contributed by atoms with Crippen LogP contribution >= 0.6 is 0 Å². The number of ketones is 1. The summed E-state index contributed by atoms with van der Waals surface area (Å²) in [7, 11) is 0. The monoisotopic (exact) mass is 194 g/mol. The fraction of sp³-hybridized carbons (Fsp3) is 0.583. The van der Waals surface area contributed by atoms with Gasteiger partial charge >= 0.3 is 0 Å². The lowest BCUT2D eigenvalue weighted by Crippen LogP contribution is -2.01. The van der Waals surface area contributed by atoms with Gasteiger partial charge in [0, 0.05) is 12.0 Å². The van der Waals surface area contributed by atoms with E-state index in [-0.39, 0.29) is 5.78 Å². The molecule has 0 aliphatic carbocycles. The van der Waals surface area contributed by atoms with Crippen LogP contribution in [-0.4, -0.2) is 5.78 Å². The molecule has 1 heterocycles. The molecule has 0 unspecified atom stereocenters. The third kappa shape index (κ3) is 2.06. The second-order valence-corrected chi connectivity index (χ2v) is 3.74. The predicted molar refractivity (Wildman–Crippen MR) is 56.8 cm³/mol. The van der Waals surface area contributed by atoms with Gasteiger partial charge in [-0.2, -0.15) is 0 Å². The van der Waals surface area contributed by atoms with Gasteiger partial charge in [0.1, 0.15) is 11.5 Å². The highest BCUT2D eigenvalue weighted by molar-refractivity contribution is 5.98. The second kappa shape index (κ2) is 4.45. The Labute approximate surface area is 85.3 Å². The van der Waals surface area contributed by atoms with Crippen molar-refractivity contribution in [1.29, 1.82) is 0 Å². The van der Waals surface area contributed by atoms with Crippen LogP contribution < -0.4 is 0 Å². The zero-order valence-corrected chi connectivity index (χ0v) is 9.44. The molecule has 0 radical (unpaired) electrons. The van der Waals surface area contributed by atoms with E-state index in [0.717, 1.165) is 35.5 Å². The van der Waals surface area contributed by atoms with Gasteiger partial charge in [-0.1, -0.05) is 13.3 Å². The van der Waals surface area contributed by atoms with E-state index in [9.17, 15) is 4.79 Å². The van der Waals surface area contributed by atoms with Gasteiger partial charge < -0.3 is 4.42 Å². The molecule has 14 heavy (non-hydrogen) atoms. The maximum Gasteiger partial charge on any atom is 0.166 e. The van der Waals surface area contributed by atoms with Crippen molar-refractivity contribution in [3.05, 3.63) is 22.6 Å². The summed E-state index contributed by atoms with van der Waals surface area (Å²) >= 11 is 0. The molecular formula is C12H18O2. The first kappa shape index (κ1) is 11.0. The number of unbranched alkanes of at least 4 members (excludes halogenated alkanes) is 1. The van der Waals surface area contributed by atoms with Crippen LogP contribution in [0.15, 0.2) is 4.42 Å². The molecule has 0 N–H and O–H groups in total. The molecule has 2 heteroatoms. The van der Waals surface area contributed by atoms with Gasteiger partial charge in [0.2, 0.25) is 0 Å². The maximum atomic E-state index is 11.8. The number of carbonyl (C=O) groups is 1. The molecule has 1 rings (SSSR count). The van der Waals surface area contributed by atoms with E-state index >= 15 is 0 Å². The van der Waals surface area contributed by atoms with Gasteiger partial charge in [-0.05, 0) is 27.2 Å². The maximum absolute atomic E-state index is 11.8. The summed E-state index contributed by atoms with van der Waals surface area (Å²) in [6.07, 6.45) is 2.65. The fourth-order valence-corrected chi connectivity index (χ4v) is 1.67. The summed E-state index contributed by atoms with van der Waals surface area (Å²) < 4.78 is 5.43. The summed E-state index contributed by atoms with van der Waals surface area (Å²) in [6, 6.07) is 0. The average molecular weight is 194 g/mol. The van der Waals surface area contributed by atoms with Crippen LogP contribution in [0.2, 0.25) is 0 Å². The Hall–Kier alpha value is -1.05. The Balaban J connectivity index is 2.89. The quantitative estimate of drug-likeness (QED) is 0.686. The summed E-state index contributed by atoms with van der Waals surface area (Å²) in [5, 5.41) is 0. The van der Waals surface area contributed by atoms with Crippen LogP contribution in [-0.2, 0) is 0 Å². The lowest BCUT2D eigenvalue weighted by molar-refractivity contribution is 0.0978. The average Bonchev–Trinajstić information content (AvgIpc) is 2.38. The first-order valence-electron chi connectivity index (χ1n) is 5.17. The van der Waals surface area contributed by atoms with Crippen LogP contribution in [0.5, 0.6) is 0 Å². The molecule has 0 aliphatic heterocycles. The molecule has 1 aromatic rings. The fourth-order valence-electron chi connectivity index (χ4n) is 1.67. The highest BCUT2D eigenvalue weighted by atomic mass is 16.3. The molecular weight excluding hydrogens is 176 g/mol. The molecule has 0 aliphatic rings. The van der Waals surface area contributed by atoms with Gasteiger partial charge in [-0.25, -0.2) is 0 Å². The number of carbonyl (C=O) groups excluding carboxylic acids is 1. The standard InChI is InChI=1S/C12H18O2/c1-5-6-7-11(13)12-8(2)9(3)14-10(12)4/h5-7H2,1-4H3. The second-order valence-electron chi connectivity index (χ2n) is 3.74. The van der Waals surface area contributed by atoms with Crippen LogP contribution in [0.25, 0.3) is 0 Å². The molecule has 0 saturated heterocycles. The van der Waals surface area contributed by atoms with Crippen LogP contribution in [0, 0.1) is 20.8 Å². The predicted octanol–water partition coefficient (Wildman–Crippen LogP) is 3.58. The van der Waals surface area contributed by atoms with Crippen LogP contribution in [0.3, 0.4) is 0 Å². The topological polar surface area (TPSA) is 30.2 Å². The summed E-state index contributed by atoms with van der Waals surface area (Å²) in [4.78, 5) is 11.8. The first-order chi connectivity index (χ1) is 6.57. The molecule has 0 amide bonds. The largest absolute Gasteiger partial charge is 0.466 e. The van der Waals surface area contributed by atoms with E-state index in [2.05, 4.69) is 6.92 Å². The minimum atomic E-state index is 0.221. The summed E-state index contributed by atoms with van der Waals surface area (Å²) in [5.74, 6) is 1.85. The zero-order chi connectivity index (χ0) is 10.7. The van der Waals surface area contributed by atoms with Gasteiger partial charge in [0.25, 0.3) is 0 Å². The minimum Gasteiger partial charge on any atom is -0.466 e. The normalized spacial score (nSPS) is 10.6. The van der Waals surface area contributed by atoms with Gasteiger partial charge in [0.15, 0.2) is 5.78 Å². The number of hydrogen-bond donors (Lipinski definition) is 0. The molecule has 0 atom stereocenters. The van der Waals surface area contributed by atoms with Gasteiger partial charge in [-0.15, -0.1) is 0 Å². The SMILES string of the molecule is CCCCC(=O)c1c(C)oc(C)c1C. The van der Waals surface area contributed by atoms with Crippen molar-refractivity contribution in [2.75, 3.05) is 0 Å². The molecule has 0 bridgehead atoms. The number of hydrogen-bond acceptors (Lipinski definition) is 2. The van der Waals surface area contributed by atoms with Gasteiger partial charge in [0.05, 0.1) is 5.56 Å². The first-order valence-corrected chi connectivity index (χ1v) is 5.17. The summed E-state index contributed by atoms with van der Waals surface area (Å²) in [6.45, 7) is 7.80. The van der Waals surface area contributed by atoms with E-state index in [1.807, 2.05) is 20.8 Å². The van der Waals surface area contributed by atoms with Crippen molar-refractivity contribution < 1.29 is 9.21 Å². The van der Waals surface area contributed by atoms with Crippen molar-refractivity contribution in [3.63, 3.8) is 0 Å². The van der Waals surface area contributed by atoms with Crippen molar-refractivity contribution in [3.8, 4) is 0 Å². The Morgan fingerprint density at radius 3 is 2.29 bits per heavy atom. The highest BCUT2D eigenvalue weighted by Crippen LogP contribution is 2.22. The van der Waals surface area contributed by atoms with E-state index in [1.165, 1.54) is 0 Å². The third-order valence-electron chi connectivity index (χ3n) is 2.60. The zero-order valence-electron chi connectivity index (χ0n) is 9.44. The van der Waals surface area contributed by atoms with Crippen molar-refractivity contribution in [1.82, 2.24) is 0 Å². The number of aryl methyl sites for hydroxylation is 2. The third-order valence-corrected chi connectivity index (χ3v) is 2.60. The summed E-state index contributed by atoms with van der Waals surface area (Å²) in [5.41, 5.74) is 1.81. The molecule has 0 fully saturated rings. The molecule has 0 aromatic carbocycles. The smallest absolute Gasteiger partial charge is 0.166 e. The molecule has 0 saturated carbocycles. The van der Waals surface area contributed by atoms with Crippen molar-refractivity contribution in [2.45, 2.75) is 47.0 Å². The molecule has 78 valence electrons. The van der Waals surface area contributed by atoms with Crippen molar-refractivity contribution >= 4 is 5.78 Å². The Morgan fingerprint density at radius 2 is 1.86 bits per heavy atom. The van der Waals surface area contributed by atoms with Crippen LogP contribution in [0.1, 0.15) is 53.6 Å². The molecule has 2 nitrogen and oxygen atoms in total. The minimum absolute atomic E-state index is 0.221. The lowest BCUT2D eigenvalue weighted by Gasteiger charge is -1.99. The van der Waals surface area contributed by atoms with E-state index in [1.54, 1.807) is 0 Å². The number of Topliss-reactive ketones (excluding diaryl/α,β-unsaturated/α-hetero) is 1. The Kier molecular flexibility index (Phi) is 3.50.